The fraction of sp³-hybridized carbons (Fsp3) is 0.600. The van der Waals surface area contributed by atoms with Gasteiger partial charge in [0, 0.05) is 19.1 Å². The Kier molecular flexibility index (Phi) is 4.77. The van der Waals surface area contributed by atoms with Crippen LogP contribution in [-0.2, 0) is 6.42 Å². The van der Waals surface area contributed by atoms with Gasteiger partial charge in [0.25, 0.3) is 0 Å². The Balaban J connectivity index is 1.82. The standard InChI is InChI=1S/C15H23FN2O/c1-18(10-11-7-14(17)8-11)6-5-12-9-13(16)3-4-15(12)19-2/h3-4,9,11,14H,5-8,10,17H2,1-2H3. The second kappa shape index (κ2) is 6.35. The highest BCUT2D eigenvalue weighted by atomic mass is 19.1. The first-order valence-corrected chi connectivity index (χ1v) is 6.85. The normalized spacial score (nSPS) is 22.4. The van der Waals surface area contributed by atoms with Crippen molar-refractivity contribution in [1.29, 1.82) is 0 Å². The molecule has 106 valence electrons. The number of likely N-dealkylation sites (N-methyl/N-ethyl adjacent to an activating group) is 1. The predicted molar refractivity (Wildman–Crippen MR) is 74.9 cm³/mol. The van der Waals surface area contributed by atoms with Gasteiger partial charge in [-0.2, -0.15) is 0 Å². The molecule has 0 radical (unpaired) electrons. The van der Waals surface area contributed by atoms with Crippen LogP contribution in [0.1, 0.15) is 18.4 Å². The van der Waals surface area contributed by atoms with E-state index in [0.717, 1.165) is 49.6 Å². The van der Waals surface area contributed by atoms with E-state index < -0.39 is 0 Å². The van der Waals surface area contributed by atoms with Crippen LogP contribution < -0.4 is 10.5 Å². The summed E-state index contributed by atoms with van der Waals surface area (Å²) in [6.45, 7) is 1.98. The zero-order chi connectivity index (χ0) is 13.8. The molecule has 0 unspecified atom stereocenters. The van der Waals surface area contributed by atoms with E-state index in [0.29, 0.717) is 6.04 Å². The lowest BCUT2D eigenvalue weighted by Gasteiger charge is -2.35. The van der Waals surface area contributed by atoms with Crippen molar-refractivity contribution in [1.82, 2.24) is 4.90 Å². The van der Waals surface area contributed by atoms with Crippen molar-refractivity contribution in [2.24, 2.45) is 11.7 Å². The molecule has 0 bridgehead atoms. The first-order valence-electron chi connectivity index (χ1n) is 6.85. The van der Waals surface area contributed by atoms with Crippen LogP contribution in [0.15, 0.2) is 18.2 Å². The van der Waals surface area contributed by atoms with Gasteiger partial charge in [-0.15, -0.1) is 0 Å². The number of ether oxygens (including phenoxy) is 1. The minimum atomic E-state index is -0.205. The average Bonchev–Trinajstić information content (AvgIpc) is 2.34. The molecule has 0 saturated heterocycles. The van der Waals surface area contributed by atoms with Crippen molar-refractivity contribution >= 4 is 0 Å². The van der Waals surface area contributed by atoms with E-state index in [1.807, 2.05) is 0 Å². The number of rotatable bonds is 6. The first kappa shape index (κ1) is 14.3. The van der Waals surface area contributed by atoms with Gasteiger partial charge in [0.15, 0.2) is 0 Å². The molecule has 4 heteroatoms. The molecule has 2 N–H and O–H groups in total. The Labute approximate surface area is 114 Å². The number of hydrogen-bond acceptors (Lipinski definition) is 3. The van der Waals surface area contributed by atoms with E-state index in [4.69, 9.17) is 10.5 Å². The van der Waals surface area contributed by atoms with Crippen LogP contribution in [0, 0.1) is 11.7 Å². The number of benzene rings is 1. The van der Waals surface area contributed by atoms with Crippen LogP contribution in [0.2, 0.25) is 0 Å². The van der Waals surface area contributed by atoms with Gasteiger partial charge in [-0.3, -0.25) is 0 Å². The van der Waals surface area contributed by atoms with E-state index in [-0.39, 0.29) is 5.82 Å². The number of halogens is 1. The highest BCUT2D eigenvalue weighted by Gasteiger charge is 2.26. The average molecular weight is 266 g/mol. The Morgan fingerprint density at radius 2 is 2.16 bits per heavy atom. The third-order valence-electron chi connectivity index (χ3n) is 3.85. The molecule has 0 heterocycles. The van der Waals surface area contributed by atoms with Crippen molar-refractivity contribution in [3.8, 4) is 5.75 Å². The third-order valence-corrected chi connectivity index (χ3v) is 3.85. The Morgan fingerprint density at radius 3 is 2.79 bits per heavy atom. The minimum absolute atomic E-state index is 0.205. The molecule has 0 amide bonds. The van der Waals surface area contributed by atoms with Gasteiger partial charge in [-0.05, 0) is 56.0 Å². The molecule has 0 spiro atoms. The summed E-state index contributed by atoms with van der Waals surface area (Å²) >= 11 is 0. The monoisotopic (exact) mass is 266 g/mol. The fourth-order valence-corrected chi connectivity index (χ4v) is 2.72. The van der Waals surface area contributed by atoms with Gasteiger partial charge >= 0.3 is 0 Å². The lowest BCUT2D eigenvalue weighted by atomic mass is 9.80. The summed E-state index contributed by atoms with van der Waals surface area (Å²) in [5.41, 5.74) is 6.72. The molecule has 1 aromatic carbocycles. The molecular formula is C15H23FN2O. The van der Waals surface area contributed by atoms with Crippen LogP contribution in [0.4, 0.5) is 4.39 Å². The second-order valence-corrected chi connectivity index (χ2v) is 5.57. The molecule has 19 heavy (non-hydrogen) atoms. The van der Waals surface area contributed by atoms with Gasteiger partial charge in [0.05, 0.1) is 7.11 Å². The lowest BCUT2D eigenvalue weighted by Crippen LogP contribution is -2.42. The summed E-state index contributed by atoms with van der Waals surface area (Å²) in [7, 11) is 3.73. The SMILES string of the molecule is COc1ccc(F)cc1CCN(C)CC1CC(N)C1. The molecule has 2 rings (SSSR count). The maximum absolute atomic E-state index is 13.2. The molecular weight excluding hydrogens is 243 g/mol. The number of hydrogen-bond donors (Lipinski definition) is 1. The van der Waals surface area contributed by atoms with E-state index >= 15 is 0 Å². The van der Waals surface area contributed by atoms with Crippen LogP contribution in [0.5, 0.6) is 5.75 Å². The Morgan fingerprint density at radius 1 is 1.42 bits per heavy atom. The predicted octanol–water partition coefficient (Wildman–Crippen LogP) is 2.05. The van der Waals surface area contributed by atoms with Crippen molar-refractivity contribution < 1.29 is 9.13 Å². The van der Waals surface area contributed by atoms with Crippen LogP contribution >= 0.6 is 0 Å². The number of nitrogens with two attached hydrogens (primary N) is 1. The Bertz CT molecular complexity index is 419. The van der Waals surface area contributed by atoms with Crippen molar-refractivity contribution in [3.63, 3.8) is 0 Å². The quantitative estimate of drug-likeness (QED) is 0.856. The van der Waals surface area contributed by atoms with E-state index in [9.17, 15) is 4.39 Å². The minimum Gasteiger partial charge on any atom is -0.496 e. The van der Waals surface area contributed by atoms with Crippen LogP contribution in [-0.4, -0.2) is 38.2 Å². The van der Waals surface area contributed by atoms with E-state index in [2.05, 4.69) is 11.9 Å². The first-order chi connectivity index (χ1) is 9.08. The van der Waals surface area contributed by atoms with E-state index in [1.165, 1.54) is 6.07 Å². The molecule has 0 atom stereocenters. The molecule has 1 aliphatic rings. The summed E-state index contributed by atoms with van der Waals surface area (Å²) in [6.07, 6.45) is 3.07. The molecule has 0 aromatic heterocycles. The highest BCUT2D eigenvalue weighted by molar-refractivity contribution is 5.34. The second-order valence-electron chi connectivity index (χ2n) is 5.57. The van der Waals surface area contributed by atoms with Crippen LogP contribution in [0.25, 0.3) is 0 Å². The van der Waals surface area contributed by atoms with Gasteiger partial charge < -0.3 is 15.4 Å². The van der Waals surface area contributed by atoms with Gasteiger partial charge in [0.2, 0.25) is 0 Å². The molecule has 1 saturated carbocycles. The molecule has 3 nitrogen and oxygen atoms in total. The third kappa shape index (κ3) is 3.91. The van der Waals surface area contributed by atoms with Crippen molar-refractivity contribution in [3.05, 3.63) is 29.6 Å². The fourth-order valence-electron chi connectivity index (χ4n) is 2.72. The Hall–Kier alpha value is -1.13. The molecule has 1 aliphatic carbocycles. The molecule has 1 fully saturated rings. The maximum Gasteiger partial charge on any atom is 0.123 e. The smallest absolute Gasteiger partial charge is 0.123 e. The summed E-state index contributed by atoms with van der Waals surface area (Å²) in [5, 5.41) is 0. The number of nitrogens with zero attached hydrogens (tertiary/aromatic N) is 1. The van der Waals surface area contributed by atoms with Gasteiger partial charge in [-0.25, -0.2) is 4.39 Å². The molecule has 1 aromatic rings. The largest absolute Gasteiger partial charge is 0.496 e. The highest BCUT2D eigenvalue weighted by Crippen LogP contribution is 2.26. The van der Waals surface area contributed by atoms with Crippen molar-refractivity contribution in [2.45, 2.75) is 25.3 Å². The summed E-state index contributed by atoms with van der Waals surface area (Å²) in [4.78, 5) is 2.29. The van der Waals surface area contributed by atoms with Crippen LogP contribution in [0.3, 0.4) is 0 Å². The molecule has 0 aliphatic heterocycles. The zero-order valence-corrected chi connectivity index (χ0v) is 11.7. The zero-order valence-electron chi connectivity index (χ0n) is 11.7. The lowest BCUT2D eigenvalue weighted by molar-refractivity contribution is 0.183. The summed E-state index contributed by atoms with van der Waals surface area (Å²) in [6, 6.07) is 5.09. The number of methoxy groups -OCH3 is 1. The van der Waals surface area contributed by atoms with E-state index in [1.54, 1.807) is 19.2 Å². The summed E-state index contributed by atoms with van der Waals surface area (Å²) in [5.74, 6) is 1.29. The summed E-state index contributed by atoms with van der Waals surface area (Å²) < 4.78 is 18.5. The van der Waals surface area contributed by atoms with Gasteiger partial charge in [0.1, 0.15) is 11.6 Å². The topological polar surface area (TPSA) is 38.5 Å². The maximum atomic E-state index is 13.2. The van der Waals surface area contributed by atoms with Gasteiger partial charge in [-0.1, -0.05) is 0 Å². The van der Waals surface area contributed by atoms with Crippen molar-refractivity contribution in [2.75, 3.05) is 27.2 Å².